The second kappa shape index (κ2) is 6.96. The van der Waals surface area contributed by atoms with Crippen molar-refractivity contribution in [3.05, 3.63) is 23.8 Å². The van der Waals surface area contributed by atoms with E-state index in [-0.39, 0.29) is 24.8 Å². The summed E-state index contributed by atoms with van der Waals surface area (Å²) in [5.41, 5.74) is 0.578. The predicted molar refractivity (Wildman–Crippen MR) is 96.9 cm³/mol. The van der Waals surface area contributed by atoms with Gasteiger partial charge in [0.25, 0.3) is 5.91 Å². The lowest BCUT2D eigenvalue weighted by atomic mass is 9.77. The fraction of sp³-hybridized carbons (Fsp3) is 0.650. The molecule has 0 spiro atoms. The maximum Gasteiger partial charge on any atom is 0.257 e. The number of nitrogens with zero attached hydrogens (tertiary/aromatic N) is 2. The summed E-state index contributed by atoms with van der Waals surface area (Å²) in [5, 5.41) is 10.7. The number of fused-ring (bicyclic) bond motifs is 2. The van der Waals surface area contributed by atoms with Crippen LogP contribution in [-0.2, 0) is 4.74 Å². The average molecular weight is 374 g/mol. The van der Waals surface area contributed by atoms with Gasteiger partial charge in [0.2, 0.25) is 6.79 Å². The zero-order valence-electron chi connectivity index (χ0n) is 15.4. The number of carbonyl (C=O) groups is 1. The molecule has 2 saturated heterocycles. The fourth-order valence-electron chi connectivity index (χ4n) is 5.14. The molecule has 0 radical (unpaired) electrons. The van der Waals surface area contributed by atoms with Crippen molar-refractivity contribution in [3.63, 3.8) is 0 Å². The lowest BCUT2D eigenvalue weighted by molar-refractivity contribution is -0.0520. The smallest absolute Gasteiger partial charge is 0.257 e. The van der Waals surface area contributed by atoms with E-state index in [4.69, 9.17) is 14.2 Å². The van der Waals surface area contributed by atoms with Gasteiger partial charge in [0.05, 0.1) is 24.9 Å². The Labute approximate surface area is 158 Å². The number of rotatable bonds is 2. The number of para-hydroxylation sites is 1. The summed E-state index contributed by atoms with van der Waals surface area (Å²) in [5.74, 6) is 2.02. The van der Waals surface area contributed by atoms with Crippen LogP contribution in [0.5, 0.6) is 11.5 Å². The SMILES string of the molecule is O=C(c1cccc2c1OCO2)N1C[C@H]2C[C@@H](N3CCOCC3)[C@H](O)C[C@H]2C1. The Morgan fingerprint density at radius 2 is 1.85 bits per heavy atom. The summed E-state index contributed by atoms with van der Waals surface area (Å²) in [6.45, 7) is 4.87. The van der Waals surface area contributed by atoms with Crippen molar-refractivity contribution in [1.29, 1.82) is 0 Å². The first-order valence-electron chi connectivity index (χ1n) is 9.88. The van der Waals surface area contributed by atoms with E-state index < -0.39 is 0 Å². The first-order chi connectivity index (χ1) is 13.2. The third-order valence-corrected chi connectivity index (χ3v) is 6.54. The molecule has 1 aromatic rings. The molecule has 0 bridgehead atoms. The first-order valence-corrected chi connectivity index (χ1v) is 9.88. The zero-order valence-corrected chi connectivity index (χ0v) is 15.4. The minimum atomic E-state index is -0.322. The number of hydrogen-bond acceptors (Lipinski definition) is 6. The van der Waals surface area contributed by atoms with Gasteiger partial charge in [-0.15, -0.1) is 0 Å². The van der Waals surface area contributed by atoms with Crippen LogP contribution in [-0.4, -0.2) is 79.1 Å². The number of morpholine rings is 1. The van der Waals surface area contributed by atoms with Crippen molar-refractivity contribution in [3.8, 4) is 11.5 Å². The molecule has 3 fully saturated rings. The van der Waals surface area contributed by atoms with Crippen LogP contribution in [0.15, 0.2) is 18.2 Å². The molecule has 1 aliphatic carbocycles. The van der Waals surface area contributed by atoms with E-state index in [0.717, 1.165) is 45.7 Å². The maximum absolute atomic E-state index is 13.1. The summed E-state index contributed by atoms with van der Waals surface area (Å²) >= 11 is 0. The quantitative estimate of drug-likeness (QED) is 0.832. The maximum atomic E-state index is 13.1. The van der Waals surface area contributed by atoms with Crippen LogP contribution in [0.2, 0.25) is 0 Å². The number of amides is 1. The topological polar surface area (TPSA) is 71.5 Å². The van der Waals surface area contributed by atoms with Gasteiger partial charge in [0.1, 0.15) is 0 Å². The zero-order chi connectivity index (χ0) is 18.4. The monoisotopic (exact) mass is 374 g/mol. The van der Waals surface area contributed by atoms with Gasteiger partial charge >= 0.3 is 0 Å². The van der Waals surface area contributed by atoms with E-state index in [1.54, 1.807) is 0 Å². The van der Waals surface area contributed by atoms with Gasteiger partial charge in [0, 0.05) is 32.2 Å². The van der Waals surface area contributed by atoms with Crippen LogP contribution < -0.4 is 9.47 Å². The van der Waals surface area contributed by atoms with Gasteiger partial charge in [-0.25, -0.2) is 0 Å². The molecule has 1 amide bonds. The van der Waals surface area contributed by atoms with Crippen molar-refractivity contribution >= 4 is 5.91 Å². The summed E-state index contributed by atoms with van der Waals surface area (Å²) in [6, 6.07) is 5.65. The van der Waals surface area contributed by atoms with Gasteiger partial charge in [-0.2, -0.15) is 0 Å². The van der Waals surface area contributed by atoms with Crippen LogP contribution in [0.25, 0.3) is 0 Å². The number of benzene rings is 1. The molecule has 3 aliphatic heterocycles. The van der Waals surface area contributed by atoms with E-state index in [9.17, 15) is 9.90 Å². The van der Waals surface area contributed by atoms with Crippen molar-refractivity contribution < 1.29 is 24.1 Å². The van der Waals surface area contributed by atoms with Gasteiger partial charge < -0.3 is 24.2 Å². The molecule has 4 aliphatic rings. The normalized spacial score (nSPS) is 33.1. The number of carbonyl (C=O) groups excluding carboxylic acids is 1. The largest absolute Gasteiger partial charge is 0.454 e. The van der Waals surface area contributed by atoms with Gasteiger partial charge in [0.15, 0.2) is 11.5 Å². The van der Waals surface area contributed by atoms with Crippen LogP contribution in [0.1, 0.15) is 23.2 Å². The second-order valence-electron chi connectivity index (χ2n) is 8.02. The molecule has 27 heavy (non-hydrogen) atoms. The molecule has 1 saturated carbocycles. The molecule has 1 N–H and O–H groups in total. The number of aliphatic hydroxyl groups is 1. The Morgan fingerprint density at radius 1 is 1.07 bits per heavy atom. The highest BCUT2D eigenvalue weighted by Gasteiger charge is 2.45. The standard InChI is InChI=1S/C20H26N2O5/c23-17-9-14-11-22(10-13(14)8-16(17)21-4-6-25-7-5-21)20(24)15-2-1-3-18-19(15)27-12-26-18/h1-3,13-14,16-17,23H,4-12H2/t13-,14+,16-,17-/m1/s1. The van der Waals surface area contributed by atoms with Crippen molar-refractivity contribution in [2.45, 2.75) is 25.0 Å². The Hall–Kier alpha value is -1.83. The van der Waals surface area contributed by atoms with Crippen LogP contribution in [0, 0.1) is 11.8 Å². The van der Waals surface area contributed by atoms with Crippen LogP contribution in [0.4, 0.5) is 0 Å². The lowest BCUT2D eigenvalue weighted by Gasteiger charge is -2.43. The Kier molecular flexibility index (Phi) is 4.46. The molecule has 7 nitrogen and oxygen atoms in total. The highest BCUT2D eigenvalue weighted by molar-refractivity contribution is 5.98. The first kappa shape index (κ1) is 17.3. The molecule has 5 rings (SSSR count). The fourth-order valence-corrected chi connectivity index (χ4v) is 5.14. The summed E-state index contributed by atoms with van der Waals surface area (Å²) in [7, 11) is 0. The average Bonchev–Trinajstić information content (AvgIpc) is 3.33. The van der Waals surface area contributed by atoms with Crippen LogP contribution in [0.3, 0.4) is 0 Å². The number of likely N-dealkylation sites (tertiary alicyclic amines) is 1. The van der Waals surface area contributed by atoms with Crippen molar-refractivity contribution in [1.82, 2.24) is 9.80 Å². The summed E-state index contributed by atoms with van der Waals surface area (Å²) < 4.78 is 16.4. The number of hydrogen-bond donors (Lipinski definition) is 1. The molecule has 1 aromatic carbocycles. The lowest BCUT2D eigenvalue weighted by Crippen LogP contribution is -2.53. The Morgan fingerprint density at radius 3 is 2.67 bits per heavy atom. The van der Waals surface area contributed by atoms with Gasteiger partial charge in [-0.1, -0.05) is 6.07 Å². The van der Waals surface area contributed by atoms with Gasteiger partial charge in [-0.05, 0) is 36.8 Å². The minimum Gasteiger partial charge on any atom is -0.454 e. The third kappa shape index (κ3) is 3.07. The second-order valence-corrected chi connectivity index (χ2v) is 8.02. The highest BCUT2D eigenvalue weighted by atomic mass is 16.7. The summed E-state index contributed by atoms with van der Waals surface area (Å²) in [6.07, 6.45) is 1.39. The molecule has 0 unspecified atom stereocenters. The van der Waals surface area contributed by atoms with Crippen LogP contribution >= 0.6 is 0 Å². The van der Waals surface area contributed by atoms with E-state index in [1.165, 1.54) is 0 Å². The molecule has 0 aromatic heterocycles. The Balaban J connectivity index is 1.30. The van der Waals surface area contributed by atoms with E-state index >= 15 is 0 Å². The number of aliphatic hydroxyl groups excluding tert-OH is 1. The third-order valence-electron chi connectivity index (χ3n) is 6.54. The minimum absolute atomic E-state index is 0.00385. The number of ether oxygens (including phenoxy) is 3. The Bertz CT molecular complexity index is 720. The van der Waals surface area contributed by atoms with Crippen molar-refractivity contribution in [2.24, 2.45) is 11.8 Å². The molecule has 3 heterocycles. The van der Waals surface area contributed by atoms with Gasteiger partial charge in [-0.3, -0.25) is 9.69 Å². The molecule has 7 heteroatoms. The van der Waals surface area contributed by atoms with Crippen molar-refractivity contribution in [2.75, 3.05) is 46.2 Å². The van der Waals surface area contributed by atoms with E-state index in [0.29, 0.717) is 35.4 Å². The summed E-state index contributed by atoms with van der Waals surface area (Å²) in [4.78, 5) is 17.4. The van der Waals surface area contributed by atoms with E-state index in [2.05, 4.69) is 4.90 Å². The molecule has 4 atom stereocenters. The molecule has 146 valence electrons. The van der Waals surface area contributed by atoms with E-state index in [1.807, 2.05) is 23.1 Å². The predicted octanol–water partition coefficient (Wildman–Crippen LogP) is 0.959. The molecular formula is C20H26N2O5. The molecular weight excluding hydrogens is 348 g/mol. The highest BCUT2D eigenvalue weighted by Crippen LogP contribution is 2.41.